The lowest BCUT2D eigenvalue weighted by Crippen LogP contribution is -2.30. The third kappa shape index (κ3) is 4.69. The maximum absolute atomic E-state index is 13.1. The van der Waals surface area contributed by atoms with E-state index in [0.29, 0.717) is 13.0 Å². The third-order valence-electron chi connectivity index (χ3n) is 6.66. The monoisotopic (exact) mass is 461 g/mol. The topological polar surface area (TPSA) is 49.0 Å². The number of fused-ring (bicyclic) bond motifs is 2. The zero-order valence-corrected chi connectivity index (χ0v) is 20.6. The number of H-pyrrole nitrogens is 1. The van der Waals surface area contributed by atoms with Crippen LogP contribution in [0.3, 0.4) is 0 Å². The van der Waals surface area contributed by atoms with Crippen molar-refractivity contribution < 1.29 is 4.79 Å². The van der Waals surface area contributed by atoms with Crippen molar-refractivity contribution in [3.63, 3.8) is 0 Å². The van der Waals surface area contributed by atoms with Gasteiger partial charge in [-0.2, -0.15) is 0 Å². The van der Waals surface area contributed by atoms with Crippen molar-refractivity contribution in [1.29, 1.82) is 0 Å². The molecule has 0 aliphatic rings. The van der Waals surface area contributed by atoms with E-state index in [1.807, 2.05) is 36.1 Å². The predicted octanol–water partition coefficient (Wildman–Crippen LogP) is 7.38. The minimum atomic E-state index is 0.166. The number of anilines is 1. The quantitative estimate of drug-likeness (QED) is 0.275. The van der Waals surface area contributed by atoms with Crippen LogP contribution in [0.5, 0.6) is 0 Å². The molecule has 0 saturated carbocycles. The van der Waals surface area contributed by atoms with Gasteiger partial charge in [-0.25, -0.2) is 4.98 Å². The SMILES string of the molecule is CCN(C(=O)CCCc1c(-c2ccc3ccccc3n2)[nH]c2ccc(C)cc12)c1cccc(C)c1. The fourth-order valence-corrected chi connectivity index (χ4v) is 4.90. The second kappa shape index (κ2) is 9.75. The number of nitrogens with one attached hydrogen (secondary N) is 1. The Hall–Kier alpha value is -3.92. The first-order valence-electron chi connectivity index (χ1n) is 12.4. The van der Waals surface area contributed by atoms with Crippen molar-refractivity contribution in [3.8, 4) is 11.4 Å². The standard InChI is InChI=1S/C31H31N3O/c1-4-34(24-11-7-9-21(2)19-24)30(35)14-8-12-25-26-20-22(3)15-17-28(26)33-31(25)29-18-16-23-10-5-6-13-27(23)32-29/h5-7,9-11,13,15-20,33H,4,8,12,14H2,1-3H3. The van der Waals surface area contributed by atoms with Gasteiger partial charge in [-0.1, -0.05) is 48.0 Å². The van der Waals surface area contributed by atoms with Crippen molar-refractivity contribution in [2.45, 2.75) is 40.0 Å². The van der Waals surface area contributed by atoms with Gasteiger partial charge in [0.05, 0.1) is 16.9 Å². The molecule has 5 aromatic rings. The van der Waals surface area contributed by atoms with Crippen LogP contribution in [-0.2, 0) is 11.2 Å². The summed E-state index contributed by atoms with van der Waals surface area (Å²) < 4.78 is 0. The number of carbonyl (C=O) groups is 1. The van der Waals surface area contributed by atoms with Crippen LogP contribution in [0.25, 0.3) is 33.2 Å². The lowest BCUT2D eigenvalue weighted by molar-refractivity contribution is -0.118. The highest BCUT2D eigenvalue weighted by molar-refractivity contribution is 5.94. The van der Waals surface area contributed by atoms with E-state index in [1.165, 1.54) is 16.5 Å². The minimum absolute atomic E-state index is 0.166. The lowest BCUT2D eigenvalue weighted by atomic mass is 10.0. The van der Waals surface area contributed by atoms with Gasteiger partial charge in [-0.15, -0.1) is 0 Å². The van der Waals surface area contributed by atoms with E-state index in [1.54, 1.807) is 0 Å². The molecule has 0 bridgehead atoms. The van der Waals surface area contributed by atoms with Crippen LogP contribution < -0.4 is 4.90 Å². The largest absolute Gasteiger partial charge is 0.353 e. The summed E-state index contributed by atoms with van der Waals surface area (Å²) in [6, 6.07) is 27.1. The van der Waals surface area contributed by atoms with Gasteiger partial charge in [0.1, 0.15) is 0 Å². The summed E-state index contributed by atoms with van der Waals surface area (Å²) in [6.07, 6.45) is 2.10. The molecule has 2 aromatic heterocycles. The molecule has 5 rings (SSSR count). The number of aromatic nitrogens is 2. The number of rotatable bonds is 7. The molecule has 0 fully saturated rings. The Morgan fingerprint density at radius 2 is 1.74 bits per heavy atom. The molecule has 4 heteroatoms. The maximum Gasteiger partial charge on any atom is 0.226 e. The molecule has 0 aliphatic heterocycles. The van der Waals surface area contributed by atoms with E-state index in [2.05, 4.69) is 73.4 Å². The highest BCUT2D eigenvalue weighted by atomic mass is 16.2. The molecule has 4 nitrogen and oxygen atoms in total. The first kappa shape index (κ1) is 22.9. The molecule has 0 saturated heterocycles. The molecule has 0 radical (unpaired) electrons. The Balaban J connectivity index is 1.43. The molecule has 0 aliphatic carbocycles. The van der Waals surface area contributed by atoms with Gasteiger partial charge in [-0.05, 0) is 81.1 Å². The van der Waals surface area contributed by atoms with Gasteiger partial charge in [0, 0.05) is 34.9 Å². The van der Waals surface area contributed by atoms with Gasteiger partial charge in [-0.3, -0.25) is 4.79 Å². The summed E-state index contributed by atoms with van der Waals surface area (Å²) >= 11 is 0. The fraction of sp³-hybridized carbons (Fsp3) is 0.226. The smallest absolute Gasteiger partial charge is 0.226 e. The van der Waals surface area contributed by atoms with Crippen molar-refractivity contribution >= 4 is 33.4 Å². The first-order valence-corrected chi connectivity index (χ1v) is 12.4. The summed E-state index contributed by atoms with van der Waals surface area (Å²) in [5.41, 5.74) is 8.68. The number of para-hydroxylation sites is 1. The van der Waals surface area contributed by atoms with Crippen LogP contribution in [0.2, 0.25) is 0 Å². The number of carbonyl (C=O) groups excluding carboxylic acids is 1. The number of hydrogen-bond donors (Lipinski definition) is 1. The second-order valence-electron chi connectivity index (χ2n) is 9.25. The van der Waals surface area contributed by atoms with Crippen LogP contribution in [0.1, 0.15) is 36.5 Å². The Bertz CT molecular complexity index is 1510. The van der Waals surface area contributed by atoms with Crippen LogP contribution in [-0.4, -0.2) is 22.4 Å². The zero-order valence-electron chi connectivity index (χ0n) is 20.6. The molecule has 35 heavy (non-hydrogen) atoms. The number of amides is 1. The molecular weight excluding hydrogens is 430 g/mol. The number of benzene rings is 3. The van der Waals surface area contributed by atoms with Crippen molar-refractivity contribution in [2.75, 3.05) is 11.4 Å². The summed E-state index contributed by atoms with van der Waals surface area (Å²) in [4.78, 5) is 23.6. The van der Waals surface area contributed by atoms with Crippen LogP contribution in [0.15, 0.2) is 78.9 Å². The minimum Gasteiger partial charge on any atom is -0.353 e. The molecule has 0 unspecified atom stereocenters. The van der Waals surface area contributed by atoms with Gasteiger partial charge in [0.25, 0.3) is 0 Å². The summed E-state index contributed by atoms with van der Waals surface area (Å²) in [6.45, 7) is 6.88. The highest BCUT2D eigenvalue weighted by Gasteiger charge is 2.18. The van der Waals surface area contributed by atoms with E-state index >= 15 is 0 Å². The maximum atomic E-state index is 13.1. The van der Waals surface area contributed by atoms with E-state index in [0.717, 1.165) is 51.9 Å². The third-order valence-corrected chi connectivity index (χ3v) is 6.66. The Morgan fingerprint density at radius 3 is 2.57 bits per heavy atom. The average molecular weight is 462 g/mol. The van der Waals surface area contributed by atoms with Crippen LogP contribution in [0, 0.1) is 13.8 Å². The van der Waals surface area contributed by atoms with Crippen LogP contribution in [0.4, 0.5) is 5.69 Å². The number of nitrogens with zero attached hydrogens (tertiary/aromatic N) is 2. The Labute approximate surface area is 206 Å². The summed E-state index contributed by atoms with van der Waals surface area (Å²) in [5.74, 6) is 0.166. The van der Waals surface area contributed by atoms with E-state index in [4.69, 9.17) is 4.98 Å². The lowest BCUT2D eigenvalue weighted by Gasteiger charge is -2.21. The number of pyridine rings is 1. The van der Waals surface area contributed by atoms with Crippen molar-refractivity contribution in [1.82, 2.24) is 9.97 Å². The van der Waals surface area contributed by atoms with Gasteiger partial charge < -0.3 is 9.88 Å². The van der Waals surface area contributed by atoms with Crippen molar-refractivity contribution in [3.05, 3.63) is 95.6 Å². The number of aryl methyl sites for hydroxylation is 3. The predicted molar refractivity (Wildman–Crippen MR) is 146 cm³/mol. The van der Waals surface area contributed by atoms with Gasteiger partial charge in [0.2, 0.25) is 5.91 Å². The van der Waals surface area contributed by atoms with E-state index < -0.39 is 0 Å². The number of hydrogen-bond acceptors (Lipinski definition) is 2. The molecular formula is C31H31N3O. The van der Waals surface area contributed by atoms with Crippen LogP contribution >= 0.6 is 0 Å². The molecule has 176 valence electrons. The fourth-order valence-electron chi connectivity index (χ4n) is 4.90. The van der Waals surface area contributed by atoms with E-state index in [9.17, 15) is 4.79 Å². The summed E-state index contributed by atoms with van der Waals surface area (Å²) in [7, 11) is 0. The van der Waals surface area contributed by atoms with Gasteiger partial charge >= 0.3 is 0 Å². The van der Waals surface area contributed by atoms with Crippen molar-refractivity contribution in [2.24, 2.45) is 0 Å². The molecule has 0 spiro atoms. The second-order valence-corrected chi connectivity index (χ2v) is 9.25. The molecule has 0 atom stereocenters. The summed E-state index contributed by atoms with van der Waals surface area (Å²) in [5, 5.41) is 2.35. The molecule has 2 heterocycles. The molecule has 3 aromatic carbocycles. The van der Waals surface area contributed by atoms with E-state index in [-0.39, 0.29) is 5.91 Å². The normalized spacial score (nSPS) is 11.3. The van der Waals surface area contributed by atoms with Gasteiger partial charge in [0.15, 0.2) is 0 Å². The molecule has 1 amide bonds. The Kier molecular flexibility index (Phi) is 6.37. The zero-order chi connectivity index (χ0) is 24.4. The first-order chi connectivity index (χ1) is 17.0. The molecule has 1 N–H and O–H groups in total. The Morgan fingerprint density at radius 1 is 0.914 bits per heavy atom. The highest BCUT2D eigenvalue weighted by Crippen LogP contribution is 2.32. The number of aromatic amines is 1. The average Bonchev–Trinajstić information content (AvgIpc) is 3.22.